The fourth-order valence-corrected chi connectivity index (χ4v) is 3.59. The van der Waals surface area contributed by atoms with E-state index in [0.717, 1.165) is 16.8 Å². The van der Waals surface area contributed by atoms with Gasteiger partial charge in [-0.25, -0.2) is 0 Å². The van der Waals surface area contributed by atoms with Crippen LogP contribution in [0.5, 0.6) is 0 Å². The fourth-order valence-electron chi connectivity index (χ4n) is 3.47. The van der Waals surface area contributed by atoms with Crippen LogP contribution in [0.2, 0.25) is 5.02 Å². The normalized spacial score (nSPS) is 19.6. The Bertz CT molecular complexity index is 888. The second-order valence-corrected chi connectivity index (χ2v) is 6.86. The van der Waals surface area contributed by atoms with Crippen LogP contribution in [-0.2, 0) is 4.79 Å². The number of hydrogen-bond donors (Lipinski definition) is 0. The zero-order valence-corrected chi connectivity index (χ0v) is 14.6. The molecule has 0 aliphatic carbocycles. The number of carbonyl (C=O) groups is 1. The number of amides is 1. The molecule has 0 spiro atoms. The molecule has 124 valence electrons. The van der Waals surface area contributed by atoms with Crippen molar-refractivity contribution >= 4 is 23.2 Å². The topological polar surface area (TPSA) is 20.3 Å². The van der Waals surface area contributed by atoms with Crippen molar-refractivity contribution in [3.63, 3.8) is 0 Å². The lowest BCUT2D eigenvalue weighted by atomic mass is 9.77. The van der Waals surface area contributed by atoms with Gasteiger partial charge in [-0.2, -0.15) is 0 Å². The molecular formula is C22H18ClNO. The molecule has 1 aliphatic heterocycles. The fraction of sp³-hybridized carbons (Fsp3) is 0.136. The average Bonchev–Trinajstić information content (AvgIpc) is 2.63. The molecule has 0 aromatic heterocycles. The van der Waals surface area contributed by atoms with Gasteiger partial charge >= 0.3 is 0 Å². The van der Waals surface area contributed by atoms with Crippen LogP contribution >= 0.6 is 11.6 Å². The molecule has 0 N–H and O–H groups in total. The van der Waals surface area contributed by atoms with Crippen molar-refractivity contribution in [3.8, 4) is 0 Å². The van der Waals surface area contributed by atoms with Crippen molar-refractivity contribution in [1.29, 1.82) is 0 Å². The number of halogens is 1. The van der Waals surface area contributed by atoms with Gasteiger partial charge in [-0.05, 0) is 42.3 Å². The van der Waals surface area contributed by atoms with Crippen LogP contribution in [0.3, 0.4) is 0 Å². The monoisotopic (exact) mass is 347 g/mol. The van der Waals surface area contributed by atoms with E-state index in [1.165, 1.54) is 5.56 Å². The van der Waals surface area contributed by atoms with Gasteiger partial charge in [0.15, 0.2) is 0 Å². The van der Waals surface area contributed by atoms with Crippen molar-refractivity contribution in [1.82, 2.24) is 0 Å². The van der Waals surface area contributed by atoms with Gasteiger partial charge in [0.05, 0.1) is 12.0 Å². The number of benzene rings is 3. The minimum atomic E-state index is -0.163. The lowest BCUT2D eigenvalue weighted by Crippen LogP contribution is -2.53. The standard InChI is InChI=1S/C22H18ClNO/c1-15-7-13-19(14-8-15)24-21(17-9-11-18(23)12-10-17)20(22(24)25)16-5-3-2-4-6-16/h2-14,20-21H,1H3/t20-,21+/m0/s1. The first-order valence-corrected chi connectivity index (χ1v) is 8.73. The number of aryl methyl sites for hydroxylation is 1. The highest BCUT2D eigenvalue weighted by Crippen LogP contribution is 2.48. The number of β-lactam (4-membered cyclic amide) rings is 1. The Labute approximate surface area is 152 Å². The first-order chi connectivity index (χ1) is 12.1. The van der Waals surface area contributed by atoms with Crippen molar-refractivity contribution in [2.45, 2.75) is 18.9 Å². The van der Waals surface area contributed by atoms with Gasteiger partial charge in [0.2, 0.25) is 5.91 Å². The third-order valence-electron chi connectivity index (χ3n) is 4.78. The number of anilines is 1. The number of carbonyl (C=O) groups excluding carboxylic acids is 1. The van der Waals surface area contributed by atoms with Crippen molar-refractivity contribution < 1.29 is 4.79 Å². The molecule has 1 saturated heterocycles. The maximum absolute atomic E-state index is 13.0. The predicted molar refractivity (Wildman–Crippen MR) is 102 cm³/mol. The summed E-state index contributed by atoms with van der Waals surface area (Å²) >= 11 is 6.05. The zero-order valence-electron chi connectivity index (χ0n) is 13.9. The maximum Gasteiger partial charge on any atom is 0.237 e. The lowest BCUT2D eigenvalue weighted by Gasteiger charge is -2.47. The molecule has 1 amide bonds. The summed E-state index contributed by atoms with van der Waals surface area (Å²) in [4.78, 5) is 14.9. The second-order valence-electron chi connectivity index (χ2n) is 6.43. The third-order valence-corrected chi connectivity index (χ3v) is 5.03. The summed E-state index contributed by atoms with van der Waals surface area (Å²) in [5.74, 6) is -0.0290. The molecule has 2 nitrogen and oxygen atoms in total. The van der Waals surface area contributed by atoms with Crippen molar-refractivity contribution in [2.24, 2.45) is 0 Å². The van der Waals surface area contributed by atoms with E-state index in [1.807, 2.05) is 90.7 Å². The summed E-state index contributed by atoms with van der Waals surface area (Å²) in [7, 11) is 0. The molecule has 4 rings (SSSR count). The quantitative estimate of drug-likeness (QED) is 0.571. The SMILES string of the molecule is Cc1ccc(N2C(=O)[C@@H](c3ccccc3)[C@H]2c2ccc(Cl)cc2)cc1. The molecule has 0 saturated carbocycles. The smallest absolute Gasteiger partial charge is 0.237 e. The molecule has 3 heteroatoms. The number of nitrogens with zero attached hydrogens (tertiary/aromatic N) is 1. The molecule has 3 aromatic rings. The highest BCUT2D eigenvalue weighted by Gasteiger charge is 2.49. The molecule has 1 aliphatic rings. The molecule has 0 bridgehead atoms. The summed E-state index contributed by atoms with van der Waals surface area (Å²) in [5.41, 5.74) is 4.26. The Balaban J connectivity index is 1.77. The summed E-state index contributed by atoms with van der Waals surface area (Å²) < 4.78 is 0. The van der Waals surface area contributed by atoms with E-state index in [-0.39, 0.29) is 17.9 Å². The van der Waals surface area contributed by atoms with Gasteiger partial charge in [0, 0.05) is 10.7 Å². The molecule has 1 fully saturated rings. The number of hydrogen-bond acceptors (Lipinski definition) is 1. The average molecular weight is 348 g/mol. The third kappa shape index (κ3) is 2.83. The minimum absolute atomic E-state index is 0.0186. The Kier molecular flexibility index (Phi) is 4.06. The van der Waals surface area contributed by atoms with Crippen LogP contribution in [0.4, 0.5) is 5.69 Å². The van der Waals surface area contributed by atoms with E-state index in [2.05, 4.69) is 0 Å². The van der Waals surface area contributed by atoms with Crippen LogP contribution < -0.4 is 4.90 Å². The minimum Gasteiger partial charge on any atom is -0.303 e. The van der Waals surface area contributed by atoms with E-state index in [4.69, 9.17) is 11.6 Å². The van der Waals surface area contributed by atoms with Gasteiger partial charge in [-0.15, -0.1) is 0 Å². The van der Waals surface area contributed by atoms with Crippen LogP contribution in [0.1, 0.15) is 28.7 Å². The van der Waals surface area contributed by atoms with Crippen LogP contribution in [0.15, 0.2) is 78.9 Å². The maximum atomic E-state index is 13.0. The summed E-state index contributed by atoms with van der Waals surface area (Å²) in [5, 5.41) is 0.701. The summed E-state index contributed by atoms with van der Waals surface area (Å²) in [6.07, 6.45) is 0. The highest BCUT2D eigenvalue weighted by atomic mass is 35.5. The number of rotatable bonds is 3. The molecule has 2 atom stereocenters. The molecule has 0 radical (unpaired) electrons. The summed E-state index contributed by atoms with van der Waals surface area (Å²) in [6.45, 7) is 2.05. The molecule has 25 heavy (non-hydrogen) atoms. The summed E-state index contributed by atoms with van der Waals surface area (Å²) in [6, 6.07) is 25.9. The largest absolute Gasteiger partial charge is 0.303 e. The highest BCUT2D eigenvalue weighted by molar-refractivity contribution is 6.30. The lowest BCUT2D eigenvalue weighted by molar-refractivity contribution is -0.126. The van der Waals surface area contributed by atoms with Crippen molar-refractivity contribution in [3.05, 3.63) is 101 Å². The van der Waals surface area contributed by atoms with E-state index in [1.54, 1.807) is 0 Å². The van der Waals surface area contributed by atoms with Crippen LogP contribution in [0.25, 0.3) is 0 Å². The first kappa shape index (κ1) is 15.9. The van der Waals surface area contributed by atoms with E-state index in [0.29, 0.717) is 5.02 Å². The Morgan fingerprint density at radius 2 is 1.44 bits per heavy atom. The molecule has 1 heterocycles. The molecule has 0 unspecified atom stereocenters. The van der Waals surface area contributed by atoms with Gasteiger partial charge in [-0.1, -0.05) is 71.8 Å². The molecular weight excluding hydrogens is 330 g/mol. The first-order valence-electron chi connectivity index (χ1n) is 8.35. The van der Waals surface area contributed by atoms with Gasteiger partial charge in [0.25, 0.3) is 0 Å². The molecule has 3 aromatic carbocycles. The zero-order chi connectivity index (χ0) is 17.4. The Hall–Kier alpha value is -2.58. The van der Waals surface area contributed by atoms with Crippen LogP contribution in [-0.4, -0.2) is 5.91 Å². The van der Waals surface area contributed by atoms with E-state index >= 15 is 0 Å². The van der Waals surface area contributed by atoms with Gasteiger partial charge in [0.1, 0.15) is 0 Å². The van der Waals surface area contributed by atoms with Gasteiger partial charge < -0.3 is 4.90 Å². The predicted octanol–water partition coefficient (Wildman–Crippen LogP) is 5.52. The van der Waals surface area contributed by atoms with Crippen LogP contribution in [0, 0.1) is 6.92 Å². The second kappa shape index (κ2) is 6.38. The van der Waals surface area contributed by atoms with E-state index < -0.39 is 0 Å². The van der Waals surface area contributed by atoms with E-state index in [9.17, 15) is 4.79 Å². The Morgan fingerprint density at radius 1 is 0.800 bits per heavy atom. The Morgan fingerprint density at radius 3 is 2.08 bits per heavy atom. The van der Waals surface area contributed by atoms with Crippen molar-refractivity contribution in [2.75, 3.05) is 4.90 Å². The van der Waals surface area contributed by atoms with Gasteiger partial charge in [-0.3, -0.25) is 4.79 Å².